The lowest BCUT2D eigenvalue weighted by molar-refractivity contribution is -0.144. The normalized spacial score (nSPS) is 18.0. The van der Waals surface area contributed by atoms with Crippen molar-refractivity contribution in [3.8, 4) is 11.1 Å². The Kier molecular flexibility index (Phi) is 8.28. The number of carboxylic acid groups (broad SMARTS) is 1. The van der Waals surface area contributed by atoms with Crippen LogP contribution < -0.4 is 11.1 Å². The Morgan fingerprint density at radius 2 is 1.94 bits per heavy atom. The molecule has 0 bridgehead atoms. The zero-order valence-electron chi connectivity index (χ0n) is 20.0. The smallest absolute Gasteiger partial charge is 0.320 e. The monoisotopic (exact) mass is 448 g/mol. The van der Waals surface area contributed by atoms with Crippen molar-refractivity contribution in [1.29, 1.82) is 0 Å². The maximum atomic E-state index is 11.7. The molecule has 1 aliphatic rings. The highest BCUT2D eigenvalue weighted by Crippen LogP contribution is 2.33. The number of likely N-dealkylation sites (tertiary alicyclic amines) is 1. The van der Waals surface area contributed by atoms with Crippen LogP contribution >= 0.6 is 0 Å². The summed E-state index contributed by atoms with van der Waals surface area (Å²) in [7, 11) is 0. The zero-order valence-corrected chi connectivity index (χ0v) is 20.0. The van der Waals surface area contributed by atoms with E-state index in [1.165, 1.54) is 5.56 Å². The standard InChI is InChI=1S/C27H36N4O2/c1-18(15-21(16-29-4)17-31-14-6-5-13-26(31)27(32)33)30-25-12-8-10-23(20(25)3)22-9-7-11-24(28)19(22)2/h7-12,16,18,26,30H,4-6,13-15,17,28H2,1-3H3,(H,32,33)/b21-16+/t18?,26-/m0/s1. The molecule has 1 saturated heterocycles. The number of anilines is 2. The van der Waals surface area contributed by atoms with Gasteiger partial charge in [-0.1, -0.05) is 30.7 Å². The summed E-state index contributed by atoms with van der Waals surface area (Å²) in [6.07, 6.45) is 5.23. The highest BCUT2D eigenvalue weighted by molar-refractivity contribution is 5.79. The molecule has 0 aromatic heterocycles. The van der Waals surface area contributed by atoms with Crippen molar-refractivity contribution >= 4 is 24.1 Å². The fraction of sp³-hybridized carbons (Fsp3) is 0.407. The number of piperidine rings is 1. The number of hydrogen-bond donors (Lipinski definition) is 3. The summed E-state index contributed by atoms with van der Waals surface area (Å²) in [5.74, 6) is -0.740. The van der Waals surface area contributed by atoms with Crippen molar-refractivity contribution in [2.45, 2.75) is 58.5 Å². The Morgan fingerprint density at radius 3 is 2.64 bits per heavy atom. The number of nitrogen functional groups attached to an aromatic ring is 1. The molecule has 2 atom stereocenters. The number of carbonyl (C=O) groups is 1. The van der Waals surface area contributed by atoms with Crippen LogP contribution in [0.15, 0.2) is 53.2 Å². The molecule has 1 unspecified atom stereocenters. The van der Waals surface area contributed by atoms with Crippen LogP contribution in [0.4, 0.5) is 11.4 Å². The van der Waals surface area contributed by atoms with Crippen molar-refractivity contribution in [2.24, 2.45) is 4.99 Å². The second-order valence-corrected chi connectivity index (χ2v) is 9.04. The van der Waals surface area contributed by atoms with Gasteiger partial charge in [0.05, 0.1) is 0 Å². The molecule has 6 nitrogen and oxygen atoms in total. The number of aliphatic imine (C=N–C) groups is 1. The maximum Gasteiger partial charge on any atom is 0.320 e. The molecule has 1 fully saturated rings. The van der Waals surface area contributed by atoms with Gasteiger partial charge in [0.15, 0.2) is 0 Å². The van der Waals surface area contributed by atoms with E-state index in [-0.39, 0.29) is 6.04 Å². The van der Waals surface area contributed by atoms with Crippen LogP contribution in [0.5, 0.6) is 0 Å². The molecule has 4 N–H and O–H groups in total. The average Bonchev–Trinajstić information content (AvgIpc) is 2.78. The predicted octanol–water partition coefficient (Wildman–Crippen LogP) is 5.27. The third-order valence-electron chi connectivity index (χ3n) is 6.55. The zero-order chi connectivity index (χ0) is 24.0. The van der Waals surface area contributed by atoms with Gasteiger partial charge < -0.3 is 16.2 Å². The van der Waals surface area contributed by atoms with E-state index in [2.05, 4.69) is 67.0 Å². The average molecular weight is 449 g/mol. The summed E-state index contributed by atoms with van der Waals surface area (Å²) in [6, 6.07) is 12.0. The summed E-state index contributed by atoms with van der Waals surface area (Å²) in [5.41, 5.74) is 13.7. The Morgan fingerprint density at radius 1 is 1.24 bits per heavy atom. The van der Waals surface area contributed by atoms with Gasteiger partial charge >= 0.3 is 5.97 Å². The summed E-state index contributed by atoms with van der Waals surface area (Å²) in [5, 5.41) is 13.2. The first-order valence-electron chi connectivity index (χ1n) is 11.6. The molecule has 0 aliphatic carbocycles. The second kappa shape index (κ2) is 11.1. The number of benzene rings is 2. The fourth-order valence-electron chi connectivity index (χ4n) is 4.75. The molecule has 1 heterocycles. The van der Waals surface area contributed by atoms with Crippen molar-refractivity contribution in [2.75, 3.05) is 24.1 Å². The minimum atomic E-state index is -0.740. The van der Waals surface area contributed by atoms with Gasteiger partial charge in [0.25, 0.3) is 0 Å². The number of rotatable bonds is 9. The van der Waals surface area contributed by atoms with Crippen molar-refractivity contribution in [1.82, 2.24) is 4.90 Å². The Bertz CT molecular complexity index is 1030. The first-order chi connectivity index (χ1) is 15.8. The van der Waals surface area contributed by atoms with E-state index < -0.39 is 12.0 Å². The van der Waals surface area contributed by atoms with E-state index in [9.17, 15) is 9.90 Å². The molecule has 33 heavy (non-hydrogen) atoms. The number of hydrogen-bond acceptors (Lipinski definition) is 5. The van der Waals surface area contributed by atoms with Gasteiger partial charge in [-0.3, -0.25) is 14.7 Å². The molecule has 6 heteroatoms. The third-order valence-corrected chi connectivity index (χ3v) is 6.55. The van der Waals surface area contributed by atoms with Gasteiger partial charge in [0, 0.05) is 30.2 Å². The van der Waals surface area contributed by atoms with E-state index in [0.29, 0.717) is 13.0 Å². The Labute approximate surface area is 197 Å². The van der Waals surface area contributed by atoms with E-state index in [1.54, 1.807) is 6.20 Å². The molecule has 0 amide bonds. The minimum Gasteiger partial charge on any atom is -0.480 e. The number of aliphatic carboxylic acids is 1. The van der Waals surface area contributed by atoms with Crippen LogP contribution in [0.1, 0.15) is 43.7 Å². The molecule has 0 spiro atoms. The molecule has 2 aromatic rings. The maximum absolute atomic E-state index is 11.7. The number of carboxylic acids is 1. The quantitative estimate of drug-likeness (QED) is 0.359. The highest BCUT2D eigenvalue weighted by Gasteiger charge is 2.29. The number of nitrogens with two attached hydrogens (primary N) is 1. The molecule has 176 valence electrons. The molecule has 1 aliphatic heterocycles. The number of nitrogens with one attached hydrogen (secondary N) is 1. The van der Waals surface area contributed by atoms with Crippen LogP contribution in [0.2, 0.25) is 0 Å². The van der Waals surface area contributed by atoms with Gasteiger partial charge in [-0.05, 0) is 93.3 Å². The summed E-state index contributed by atoms with van der Waals surface area (Å²) < 4.78 is 0. The minimum absolute atomic E-state index is 0.141. The Balaban J connectivity index is 1.74. The van der Waals surface area contributed by atoms with Crippen LogP contribution in [0, 0.1) is 13.8 Å². The number of nitrogens with zero attached hydrogens (tertiary/aromatic N) is 2. The van der Waals surface area contributed by atoms with Gasteiger partial charge in [-0.2, -0.15) is 0 Å². The van der Waals surface area contributed by atoms with Crippen LogP contribution in [0.3, 0.4) is 0 Å². The van der Waals surface area contributed by atoms with Crippen LogP contribution in [-0.4, -0.2) is 47.9 Å². The van der Waals surface area contributed by atoms with Crippen molar-refractivity contribution in [3.05, 3.63) is 59.3 Å². The topological polar surface area (TPSA) is 91.0 Å². The van der Waals surface area contributed by atoms with Gasteiger partial charge in [0.2, 0.25) is 0 Å². The summed E-state index contributed by atoms with van der Waals surface area (Å²) in [6.45, 7) is 11.3. The van der Waals surface area contributed by atoms with Gasteiger partial charge in [0.1, 0.15) is 6.04 Å². The second-order valence-electron chi connectivity index (χ2n) is 9.04. The van der Waals surface area contributed by atoms with Crippen LogP contribution in [-0.2, 0) is 4.79 Å². The fourth-order valence-corrected chi connectivity index (χ4v) is 4.75. The lowest BCUT2D eigenvalue weighted by Crippen LogP contribution is -2.45. The largest absolute Gasteiger partial charge is 0.480 e. The van der Waals surface area contributed by atoms with E-state index in [4.69, 9.17) is 5.73 Å². The van der Waals surface area contributed by atoms with Gasteiger partial charge in [-0.25, -0.2) is 0 Å². The van der Waals surface area contributed by atoms with E-state index >= 15 is 0 Å². The third kappa shape index (κ3) is 6.02. The van der Waals surface area contributed by atoms with Crippen LogP contribution in [0.25, 0.3) is 11.1 Å². The first-order valence-corrected chi connectivity index (χ1v) is 11.6. The molecular weight excluding hydrogens is 412 g/mol. The molecular formula is C27H36N4O2. The molecule has 3 rings (SSSR count). The Hall–Kier alpha value is -3.12. The van der Waals surface area contributed by atoms with Gasteiger partial charge in [-0.15, -0.1) is 0 Å². The lowest BCUT2D eigenvalue weighted by atomic mass is 9.94. The van der Waals surface area contributed by atoms with Crippen molar-refractivity contribution in [3.63, 3.8) is 0 Å². The molecule has 0 radical (unpaired) electrons. The molecule has 0 saturated carbocycles. The predicted molar refractivity (Wildman–Crippen MR) is 138 cm³/mol. The van der Waals surface area contributed by atoms with Crippen molar-refractivity contribution < 1.29 is 9.90 Å². The van der Waals surface area contributed by atoms with E-state index in [1.807, 2.05) is 12.1 Å². The molecule has 2 aromatic carbocycles. The summed E-state index contributed by atoms with van der Waals surface area (Å²) in [4.78, 5) is 17.7. The SMILES string of the molecule is C=N/C=C(\CC(C)Nc1cccc(-c2cccc(N)c2C)c1C)CN1CCCC[C@H]1C(=O)O. The van der Waals surface area contributed by atoms with E-state index in [0.717, 1.165) is 59.4 Å². The highest BCUT2D eigenvalue weighted by atomic mass is 16.4. The first kappa shape index (κ1) is 24.5. The summed E-state index contributed by atoms with van der Waals surface area (Å²) >= 11 is 0. The lowest BCUT2D eigenvalue weighted by Gasteiger charge is -2.34.